The van der Waals surface area contributed by atoms with Crippen molar-refractivity contribution in [1.29, 1.82) is 0 Å². The summed E-state index contributed by atoms with van der Waals surface area (Å²) in [5, 5.41) is 11.8. The van der Waals surface area contributed by atoms with E-state index in [0.29, 0.717) is 5.65 Å². The number of aliphatic hydroxyl groups is 1. The number of allylic oxidation sites excluding steroid dienone is 1. The number of nitrogens with zero attached hydrogens (tertiary/aromatic N) is 3. The first kappa shape index (κ1) is 15.4. The summed E-state index contributed by atoms with van der Waals surface area (Å²) in [6.07, 6.45) is 6.21. The van der Waals surface area contributed by atoms with Gasteiger partial charge in [0, 0.05) is 18.4 Å². The lowest BCUT2D eigenvalue weighted by molar-refractivity contribution is -0.118. The highest BCUT2D eigenvalue weighted by molar-refractivity contribution is 5.91. The van der Waals surface area contributed by atoms with Crippen LogP contribution in [0.15, 0.2) is 23.3 Å². The number of amides is 1. The fourth-order valence-corrected chi connectivity index (χ4v) is 2.58. The second kappa shape index (κ2) is 5.96. The minimum atomic E-state index is -0.395. The molecule has 0 unspecified atom stereocenters. The fraction of sp³-hybridized carbons (Fsp3) is 0.467. The molecule has 1 amide bonds. The highest BCUT2D eigenvalue weighted by Gasteiger charge is 2.23. The van der Waals surface area contributed by atoms with Crippen LogP contribution in [0.3, 0.4) is 0 Å². The molecule has 0 saturated heterocycles. The van der Waals surface area contributed by atoms with Crippen LogP contribution in [0.1, 0.15) is 26.3 Å². The van der Waals surface area contributed by atoms with E-state index >= 15 is 0 Å². The number of H-pyrrole nitrogens is 1. The predicted octanol–water partition coefficient (Wildman–Crippen LogP) is 0.824. The number of fused-ring (bicyclic) bond motifs is 1. The molecule has 1 aliphatic carbocycles. The molecule has 8 heteroatoms. The summed E-state index contributed by atoms with van der Waals surface area (Å²) in [6, 6.07) is -0.0138. The van der Waals surface area contributed by atoms with Crippen molar-refractivity contribution in [3.05, 3.63) is 28.8 Å². The van der Waals surface area contributed by atoms with E-state index in [1.807, 2.05) is 12.2 Å². The smallest absolute Gasteiger partial charge is 0.280 e. The van der Waals surface area contributed by atoms with Crippen molar-refractivity contribution in [2.45, 2.75) is 26.3 Å². The van der Waals surface area contributed by atoms with Gasteiger partial charge in [-0.1, -0.05) is 26.0 Å². The molecule has 0 saturated carbocycles. The summed E-state index contributed by atoms with van der Waals surface area (Å²) in [6.45, 7) is 3.60. The summed E-state index contributed by atoms with van der Waals surface area (Å²) < 4.78 is 1.79. The third-order valence-corrected chi connectivity index (χ3v) is 3.94. The third-order valence-electron chi connectivity index (χ3n) is 3.94. The number of aromatic amines is 1. The highest BCUT2D eigenvalue weighted by atomic mass is 16.3. The minimum absolute atomic E-state index is 0.0138. The van der Waals surface area contributed by atoms with Crippen molar-refractivity contribution in [2.75, 3.05) is 11.9 Å². The Labute approximate surface area is 132 Å². The van der Waals surface area contributed by atoms with Crippen LogP contribution >= 0.6 is 0 Å². The van der Waals surface area contributed by atoms with Gasteiger partial charge in [0.2, 0.25) is 11.9 Å². The molecule has 0 aliphatic heterocycles. The van der Waals surface area contributed by atoms with Crippen LogP contribution in [0.4, 0.5) is 5.95 Å². The fourth-order valence-electron chi connectivity index (χ4n) is 2.58. The molecule has 0 aromatic carbocycles. The molecule has 3 rings (SSSR count). The number of aromatic nitrogens is 4. The predicted molar refractivity (Wildman–Crippen MR) is 85.0 cm³/mol. The van der Waals surface area contributed by atoms with Crippen LogP contribution in [0.25, 0.3) is 11.2 Å². The zero-order chi connectivity index (χ0) is 16.6. The number of hydrogen-bond acceptors (Lipinski definition) is 5. The van der Waals surface area contributed by atoms with Crippen molar-refractivity contribution >= 4 is 23.0 Å². The van der Waals surface area contributed by atoms with Gasteiger partial charge in [0.1, 0.15) is 0 Å². The molecule has 0 fully saturated rings. The summed E-state index contributed by atoms with van der Waals surface area (Å²) in [7, 11) is 0. The number of hydrogen-bond donors (Lipinski definition) is 3. The van der Waals surface area contributed by atoms with Gasteiger partial charge in [-0.25, -0.2) is 4.98 Å². The van der Waals surface area contributed by atoms with Gasteiger partial charge in [-0.2, -0.15) is 4.98 Å². The molecule has 122 valence electrons. The van der Waals surface area contributed by atoms with Gasteiger partial charge in [-0.3, -0.25) is 19.9 Å². The molecule has 1 aliphatic rings. The molecule has 2 heterocycles. The zero-order valence-electron chi connectivity index (χ0n) is 13.0. The number of aliphatic hydroxyl groups excluding tert-OH is 1. The topological polar surface area (TPSA) is 113 Å². The molecule has 0 radical (unpaired) electrons. The lowest BCUT2D eigenvalue weighted by Gasteiger charge is -2.13. The highest BCUT2D eigenvalue weighted by Crippen LogP contribution is 2.29. The van der Waals surface area contributed by atoms with E-state index in [1.165, 1.54) is 0 Å². The first-order chi connectivity index (χ1) is 11.0. The first-order valence-corrected chi connectivity index (χ1v) is 7.56. The Morgan fingerprint density at radius 2 is 2.30 bits per heavy atom. The van der Waals surface area contributed by atoms with Crippen molar-refractivity contribution in [3.63, 3.8) is 0 Å². The number of carbonyl (C=O) groups excluding carboxylic acids is 1. The van der Waals surface area contributed by atoms with Gasteiger partial charge in [-0.15, -0.1) is 0 Å². The van der Waals surface area contributed by atoms with Gasteiger partial charge in [-0.05, 0) is 6.42 Å². The molecular formula is C15H19N5O3. The molecule has 0 bridgehead atoms. The SMILES string of the molecule is CC(C)C(=O)Nc1nc2c(ncn2[C@@H]2C=C[C@H](CO)C2)c(=O)[nH]1. The monoisotopic (exact) mass is 317 g/mol. The molecule has 3 N–H and O–H groups in total. The second-order valence-corrected chi connectivity index (χ2v) is 6.01. The van der Waals surface area contributed by atoms with Crippen molar-refractivity contribution < 1.29 is 9.90 Å². The number of imidazole rings is 1. The summed E-state index contributed by atoms with van der Waals surface area (Å²) >= 11 is 0. The van der Waals surface area contributed by atoms with Crippen molar-refractivity contribution in [2.24, 2.45) is 11.8 Å². The van der Waals surface area contributed by atoms with Gasteiger partial charge >= 0.3 is 0 Å². The van der Waals surface area contributed by atoms with Crippen molar-refractivity contribution in [1.82, 2.24) is 19.5 Å². The average molecular weight is 317 g/mol. The number of anilines is 1. The van der Waals surface area contributed by atoms with Crippen LogP contribution in [-0.4, -0.2) is 37.1 Å². The van der Waals surface area contributed by atoms with E-state index in [4.69, 9.17) is 0 Å². The molecule has 2 atom stereocenters. The van der Waals surface area contributed by atoms with Gasteiger partial charge < -0.3 is 9.67 Å². The summed E-state index contributed by atoms with van der Waals surface area (Å²) in [5.41, 5.74) is 0.253. The van der Waals surface area contributed by atoms with E-state index in [9.17, 15) is 14.7 Å². The second-order valence-electron chi connectivity index (χ2n) is 6.01. The Kier molecular flexibility index (Phi) is 3.99. The molecule has 8 nitrogen and oxygen atoms in total. The summed E-state index contributed by atoms with van der Waals surface area (Å²) in [5.74, 6) is -0.230. The first-order valence-electron chi connectivity index (χ1n) is 7.56. The summed E-state index contributed by atoms with van der Waals surface area (Å²) in [4.78, 5) is 34.9. The Morgan fingerprint density at radius 3 is 2.96 bits per heavy atom. The van der Waals surface area contributed by atoms with Crippen molar-refractivity contribution in [3.8, 4) is 0 Å². The van der Waals surface area contributed by atoms with Gasteiger partial charge in [0.05, 0.1) is 12.4 Å². The molecular weight excluding hydrogens is 298 g/mol. The minimum Gasteiger partial charge on any atom is -0.396 e. The van der Waals surface area contributed by atoms with Crippen LogP contribution in [0.5, 0.6) is 0 Å². The Balaban J connectivity index is 1.98. The van der Waals surface area contributed by atoms with E-state index in [2.05, 4.69) is 20.3 Å². The number of carbonyl (C=O) groups is 1. The Bertz CT molecular complexity index is 820. The van der Waals surface area contributed by atoms with E-state index in [-0.39, 0.29) is 41.9 Å². The van der Waals surface area contributed by atoms with E-state index in [0.717, 1.165) is 6.42 Å². The average Bonchev–Trinajstić information content (AvgIpc) is 3.12. The van der Waals surface area contributed by atoms with Crippen LogP contribution in [0, 0.1) is 11.8 Å². The standard InChI is InChI=1S/C15H19N5O3/c1-8(2)13(22)18-15-17-12-11(14(23)19-15)16-7-20(12)10-4-3-9(5-10)6-21/h3-4,7-10,21H,5-6H2,1-2H3,(H2,17,18,19,22,23)/t9-,10+/m0/s1. The van der Waals surface area contributed by atoms with Gasteiger partial charge in [0.15, 0.2) is 11.2 Å². The largest absolute Gasteiger partial charge is 0.396 e. The maximum atomic E-state index is 12.1. The van der Waals surface area contributed by atoms with E-state index in [1.54, 1.807) is 24.7 Å². The lowest BCUT2D eigenvalue weighted by Crippen LogP contribution is -2.22. The van der Waals surface area contributed by atoms with Crippen LogP contribution < -0.4 is 10.9 Å². The Hall–Kier alpha value is -2.48. The quantitative estimate of drug-likeness (QED) is 0.723. The van der Waals surface area contributed by atoms with Crippen LogP contribution in [0.2, 0.25) is 0 Å². The molecule has 23 heavy (non-hydrogen) atoms. The number of nitrogens with one attached hydrogen (secondary N) is 2. The maximum Gasteiger partial charge on any atom is 0.280 e. The number of rotatable bonds is 4. The van der Waals surface area contributed by atoms with Crippen LogP contribution in [-0.2, 0) is 4.79 Å². The van der Waals surface area contributed by atoms with Gasteiger partial charge in [0.25, 0.3) is 5.56 Å². The zero-order valence-corrected chi connectivity index (χ0v) is 13.0. The molecule has 2 aromatic rings. The molecule has 2 aromatic heterocycles. The lowest BCUT2D eigenvalue weighted by atomic mass is 10.1. The normalized spacial score (nSPS) is 20.5. The molecule has 0 spiro atoms. The maximum absolute atomic E-state index is 12.1. The van der Waals surface area contributed by atoms with E-state index < -0.39 is 5.56 Å². The third kappa shape index (κ3) is 2.89. The Morgan fingerprint density at radius 1 is 1.52 bits per heavy atom.